The Morgan fingerprint density at radius 3 is 2.42 bits per heavy atom. The van der Waals surface area contributed by atoms with Gasteiger partial charge in [-0.05, 0) is 0 Å². The first kappa shape index (κ1) is 10.1. The van der Waals surface area contributed by atoms with E-state index in [9.17, 15) is 4.79 Å². The molecule has 0 saturated carbocycles. The molecule has 0 saturated heterocycles. The monoisotopic (exact) mass is 243 g/mol. The minimum absolute atomic E-state index is 0.00435. The van der Waals surface area contributed by atoms with Gasteiger partial charge in [0.1, 0.15) is 15.3 Å². The van der Waals surface area contributed by atoms with E-state index in [0.717, 1.165) is 11.3 Å². The topological polar surface area (TPSA) is 26.3 Å². The van der Waals surface area contributed by atoms with E-state index >= 15 is 0 Å². The number of ether oxygens (including phenoxy) is 1. The molecule has 2 nitrogen and oxygen atoms in total. The van der Waals surface area contributed by atoms with Gasteiger partial charge in [0.15, 0.2) is 0 Å². The van der Waals surface area contributed by atoms with E-state index in [-0.39, 0.29) is 6.61 Å². The molecule has 1 radical (unpaired) electrons. The Morgan fingerprint density at radius 1 is 1.33 bits per heavy atom. The van der Waals surface area contributed by atoms with Gasteiger partial charge in [0.05, 0.1) is 5.02 Å². The third-order valence-corrected chi connectivity index (χ3v) is 3.44. The molecular weight excluding hydrogens is 242 g/mol. The second-order valence-corrected chi connectivity index (χ2v) is 4.42. The number of hydrogen-bond acceptors (Lipinski definition) is 3. The first-order chi connectivity index (χ1) is 5.66. The quantitative estimate of drug-likeness (QED) is 0.815. The van der Waals surface area contributed by atoms with Gasteiger partial charge in [0.25, 0.3) is 0 Å². The fraction of sp³-hybridized carbons (Fsp3) is 0.167. The summed E-state index contributed by atoms with van der Waals surface area (Å²) >= 11 is 18.3. The van der Waals surface area contributed by atoms with E-state index in [2.05, 4.69) is 4.74 Å². The largest absolute Gasteiger partial charge is 0.452 e. The summed E-state index contributed by atoms with van der Waals surface area (Å²) in [6.07, 6.45) is 0. The highest BCUT2D eigenvalue weighted by Crippen LogP contribution is 2.40. The molecule has 1 aromatic rings. The van der Waals surface area contributed by atoms with E-state index in [1.54, 1.807) is 0 Å². The van der Waals surface area contributed by atoms with Crippen LogP contribution in [0.25, 0.3) is 0 Å². The summed E-state index contributed by atoms with van der Waals surface area (Å²) in [6, 6.07) is 0. The standard InChI is InChI=1S/C6H2Cl3O2S/c7-4-3(1-11-2-10)5(8)12-6(4)9/h1H2. The van der Waals surface area contributed by atoms with Crippen molar-refractivity contribution < 1.29 is 9.53 Å². The highest BCUT2D eigenvalue weighted by Gasteiger charge is 2.14. The number of hydrogen-bond donors (Lipinski definition) is 0. The minimum atomic E-state index is 0.00435. The Morgan fingerprint density at radius 2 is 2.00 bits per heavy atom. The van der Waals surface area contributed by atoms with Crippen LogP contribution in [0.15, 0.2) is 0 Å². The zero-order chi connectivity index (χ0) is 9.14. The SMILES string of the molecule is O=[C]OCc1c(Cl)sc(Cl)c1Cl. The van der Waals surface area contributed by atoms with Crippen LogP contribution in [-0.4, -0.2) is 6.47 Å². The van der Waals surface area contributed by atoms with Gasteiger partial charge in [0.2, 0.25) is 0 Å². The summed E-state index contributed by atoms with van der Waals surface area (Å²) in [7, 11) is 0. The predicted octanol–water partition coefficient (Wildman–Crippen LogP) is 3.29. The van der Waals surface area contributed by atoms with Crippen molar-refractivity contribution in [2.75, 3.05) is 0 Å². The lowest BCUT2D eigenvalue weighted by molar-refractivity contribution is 0.267. The highest BCUT2D eigenvalue weighted by atomic mass is 35.5. The van der Waals surface area contributed by atoms with E-state index in [0.29, 0.717) is 19.3 Å². The van der Waals surface area contributed by atoms with E-state index in [4.69, 9.17) is 34.8 Å². The fourth-order valence-corrected chi connectivity index (χ4v) is 2.48. The molecule has 6 heteroatoms. The number of rotatable bonds is 3. The molecule has 0 unspecified atom stereocenters. The Balaban J connectivity index is 2.89. The predicted molar refractivity (Wildman–Crippen MR) is 49.8 cm³/mol. The average molecular weight is 245 g/mol. The molecule has 0 bridgehead atoms. The molecule has 0 spiro atoms. The zero-order valence-corrected chi connectivity index (χ0v) is 8.65. The molecule has 65 valence electrons. The molecule has 0 aliphatic rings. The van der Waals surface area contributed by atoms with Crippen LogP contribution < -0.4 is 0 Å². The zero-order valence-electron chi connectivity index (χ0n) is 5.57. The molecule has 1 rings (SSSR count). The van der Waals surface area contributed by atoms with Crippen molar-refractivity contribution in [3.8, 4) is 0 Å². The molecule has 0 fully saturated rings. The third kappa shape index (κ3) is 2.04. The van der Waals surface area contributed by atoms with Crippen molar-refractivity contribution in [2.45, 2.75) is 6.61 Å². The van der Waals surface area contributed by atoms with Crippen LogP contribution in [0.2, 0.25) is 13.7 Å². The van der Waals surface area contributed by atoms with Crippen molar-refractivity contribution in [1.82, 2.24) is 0 Å². The molecule has 0 N–H and O–H groups in total. The first-order valence-corrected chi connectivity index (χ1v) is 4.73. The summed E-state index contributed by atoms with van der Waals surface area (Å²) in [6.45, 7) is 1.28. The highest BCUT2D eigenvalue weighted by molar-refractivity contribution is 7.20. The maximum atomic E-state index is 9.74. The van der Waals surface area contributed by atoms with Crippen LogP contribution in [0.5, 0.6) is 0 Å². The van der Waals surface area contributed by atoms with Gasteiger partial charge in [-0.15, -0.1) is 11.3 Å². The molecule has 0 aliphatic heterocycles. The second-order valence-electron chi connectivity index (χ2n) is 1.81. The Hall–Kier alpha value is 0.0400. The van der Waals surface area contributed by atoms with Crippen LogP contribution in [-0.2, 0) is 16.1 Å². The van der Waals surface area contributed by atoms with Crippen molar-refractivity contribution in [3.63, 3.8) is 0 Å². The van der Waals surface area contributed by atoms with Gasteiger partial charge in [-0.2, -0.15) is 0 Å². The van der Waals surface area contributed by atoms with Crippen LogP contribution in [0, 0.1) is 0 Å². The lowest BCUT2D eigenvalue weighted by Crippen LogP contribution is -1.88. The molecular formula is C6H2Cl3O2S. The van der Waals surface area contributed by atoms with Crippen molar-refractivity contribution in [3.05, 3.63) is 19.3 Å². The Kier molecular flexibility index (Phi) is 3.65. The number of thiophene rings is 1. The van der Waals surface area contributed by atoms with Crippen LogP contribution >= 0.6 is 46.1 Å². The minimum Gasteiger partial charge on any atom is -0.452 e. The molecule has 0 amide bonds. The van der Waals surface area contributed by atoms with Crippen molar-refractivity contribution >= 4 is 52.6 Å². The molecule has 1 aromatic heterocycles. The van der Waals surface area contributed by atoms with Crippen LogP contribution in [0.3, 0.4) is 0 Å². The molecule has 1 heterocycles. The molecule has 0 atom stereocenters. The van der Waals surface area contributed by atoms with E-state index < -0.39 is 0 Å². The lowest BCUT2D eigenvalue weighted by atomic mass is 10.4. The third-order valence-electron chi connectivity index (χ3n) is 1.13. The van der Waals surface area contributed by atoms with Crippen LogP contribution in [0.4, 0.5) is 0 Å². The maximum absolute atomic E-state index is 9.74. The molecule has 12 heavy (non-hydrogen) atoms. The van der Waals surface area contributed by atoms with Crippen molar-refractivity contribution in [2.24, 2.45) is 0 Å². The smallest absolute Gasteiger partial charge is 0.417 e. The lowest BCUT2D eigenvalue weighted by Gasteiger charge is -1.95. The van der Waals surface area contributed by atoms with Gasteiger partial charge in [0, 0.05) is 5.56 Å². The number of halogens is 3. The van der Waals surface area contributed by atoms with E-state index in [1.807, 2.05) is 0 Å². The molecule has 0 aliphatic carbocycles. The van der Waals surface area contributed by atoms with Crippen LogP contribution in [0.1, 0.15) is 5.56 Å². The normalized spacial score (nSPS) is 9.92. The number of carbonyl (C=O) groups excluding carboxylic acids is 1. The second kappa shape index (κ2) is 4.33. The summed E-state index contributed by atoms with van der Waals surface area (Å²) in [5, 5.41) is 0.335. The van der Waals surface area contributed by atoms with Crippen molar-refractivity contribution in [1.29, 1.82) is 0 Å². The first-order valence-electron chi connectivity index (χ1n) is 2.78. The van der Waals surface area contributed by atoms with Gasteiger partial charge in [-0.3, -0.25) is 0 Å². The summed E-state index contributed by atoms with van der Waals surface area (Å²) in [5.74, 6) is 0. The van der Waals surface area contributed by atoms with Gasteiger partial charge in [-0.1, -0.05) is 34.8 Å². The van der Waals surface area contributed by atoms with Gasteiger partial charge >= 0.3 is 6.47 Å². The maximum Gasteiger partial charge on any atom is 0.417 e. The van der Waals surface area contributed by atoms with Gasteiger partial charge < -0.3 is 4.74 Å². The van der Waals surface area contributed by atoms with Gasteiger partial charge in [-0.25, -0.2) is 4.79 Å². The summed E-state index contributed by atoms with van der Waals surface area (Å²) < 4.78 is 5.19. The fourth-order valence-electron chi connectivity index (χ4n) is 0.612. The summed E-state index contributed by atoms with van der Waals surface area (Å²) in [5.41, 5.74) is 0.525. The Labute approximate surface area is 88.0 Å². The van der Waals surface area contributed by atoms with E-state index in [1.165, 1.54) is 6.47 Å². The average Bonchev–Trinajstić information content (AvgIpc) is 2.25. The Bertz CT molecular complexity index is 297. The molecule has 0 aromatic carbocycles. The summed E-state index contributed by atoms with van der Waals surface area (Å²) in [4.78, 5) is 9.74.